The average molecular weight is 268 g/mol. The Hall–Kier alpha value is -1.23. The summed E-state index contributed by atoms with van der Waals surface area (Å²) in [6.45, 7) is 2.41. The van der Waals surface area contributed by atoms with Crippen LogP contribution in [0, 0.1) is 6.92 Å². The Kier molecular flexibility index (Phi) is 6.57. The van der Waals surface area contributed by atoms with E-state index in [0.717, 1.165) is 24.3 Å². The van der Waals surface area contributed by atoms with E-state index in [1.165, 1.54) is 18.7 Å². The monoisotopic (exact) mass is 268 g/mol. The van der Waals surface area contributed by atoms with Crippen molar-refractivity contribution in [3.8, 4) is 0 Å². The first-order valence-electron chi connectivity index (χ1n) is 6.11. The van der Waals surface area contributed by atoms with Crippen LogP contribution in [0.5, 0.6) is 0 Å². The summed E-state index contributed by atoms with van der Waals surface area (Å²) >= 11 is 1.83. The van der Waals surface area contributed by atoms with Crippen molar-refractivity contribution in [2.45, 2.75) is 26.2 Å². The fraction of sp³-hybridized carbons (Fsp3) is 0.538. The van der Waals surface area contributed by atoms with Gasteiger partial charge >= 0.3 is 0 Å². The molecule has 1 aromatic rings. The Morgan fingerprint density at radius 3 is 2.83 bits per heavy atom. The molecule has 2 N–H and O–H groups in total. The summed E-state index contributed by atoms with van der Waals surface area (Å²) in [5.74, 6) is 0.868. The minimum Gasteiger partial charge on any atom is -0.364 e. The molecular weight excluding hydrogens is 248 g/mol. The Morgan fingerprint density at radius 2 is 2.17 bits per heavy atom. The van der Waals surface area contributed by atoms with Gasteiger partial charge in [-0.3, -0.25) is 9.59 Å². The van der Waals surface area contributed by atoms with Crippen LogP contribution in [-0.4, -0.2) is 29.4 Å². The van der Waals surface area contributed by atoms with Gasteiger partial charge in [0.2, 0.25) is 0 Å². The molecule has 0 fully saturated rings. The standard InChI is InChI=1S/C13H20N2O2S/c1-10-8-12(16)11(9-15-10)13(17)14-6-4-3-5-7-18-2/h8-9H,3-7H2,1-2H3,(H,14,17)(H,15,16). The minimum absolute atomic E-state index is 0.185. The number of rotatable bonds is 7. The number of aromatic amines is 1. The van der Waals surface area contributed by atoms with Crippen molar-refractivity contribution >= 4 is 17.7 Å². The molecule has 5 heteroatoms. The first-order chi connectivity index (χ1) is 8.65. The minimum atomic E-state index is -0.291. The first-order valence-corrected chi connectivity index (χ1v) is 7.51. The summed E-state index contributed by atoms with van der Waals surface area (Å²) < 4.78 is 0. The second-order valence-electron chi connectivity index (χ2n) is 4.20. The van der Waals surface area contributed by atoms with Crippen molar-refractivity contribution in [3.63, 3.8) is 0 Å². The van der Waals surface area contributed by atoms with Crippen molar-refractivity contribution in [3.05, 3.63) is 33.7 Å². The summed E-state index contributed by atoms with van der Waals surface area (Å²) in [6.07, 6.45) is 6.79. The van der Waals surface area contributed by atoms with E-state index in [9.17, 15) is 9.59 Å². The maximum absolute atomic E-state index is 11.7. The lowest BCUT2D eigenvalue weighted by Crippen LogP contribution is -2.29. The highest BCUT2D eigenvalue weighted by Gasteiger charge is 2.08. The summed E-state index contributed by atoms with van der Waals surface area (Å²) in [5.41, 5.74) is 0.712. The van der Waals surface area contributed by atoms with Crippen LogP contribution in [0.15, 0.2) is 17.1 Å². The number of H-pyrrole nitrogens is 1. The van der Waals surface area contributed by atoms with Crippen LogP contribution in [0.25, 0.3) is 0 Å². The molecule has 0 radical (unpaired) electrons. The van der Waals surface area contributed by atoms with Crippen LogP contribution < -0.4 is 10.7 Å². The molecule has 0 aromatic carbocycles. The van der Waals surface area contributed by atoms with Gasteiger partial charge in [0.05, 0.1) is 0 Å². The number of amides is 1. The SMILES string of the molecule is CSCCCCCNC(=O)c1c[nH]c(C)cc1=O. The summed E-state index contributed by atoms with van der Waals surface area (Å²) in [6, 6.07) is 1.44. The van der Waals surface area contributed by atoms with E-state index in [2.05, 4.69) is 16.6 Å². The lowest BCUT2D eigenvalue weighted by Gasteiger charge is -2.04. The number of pyridine rings is 1. The molecule has 0 aliphatic carbocycles. The van der Waals surface area contributed by atoms with E-state index in [-0.39, 0.29) is 16.9 Å². The highest BCUT2D eigenvalue weighted by atomic mass is 32.2. The maximum Gasteiger partial charge on any atom is 0.256 e. The zero-order valence-electron chi connectivity index (χ0n) is 10.9. The molecule has 0 saturated heterocycles. The molecule has 0 spiro atoms. The molecule has 1 aromatic heterocycles. The fourth-order valence-corrected chi connectivity index (χ4v) is 2.09. The predicted octanol–water partition coefficient (Wildman–Crippen LogP) is 1.95. The van der Waals surface area contributed by atoms with Gasteiger partial charge < -0.3 is 10.3 Å². The molecular formula is C13H20N2O2S. The third kappa shape index (κ3) is 4.96. The zero-order valence-corrected chi connectivity index (χ0v) is 11.7. The number of carbonyl (C=O) groups excluding carboxylic acids is 1. The maximum atomic E-state index is 11.7. The van der Waals surface area contributed by atoms with Crippen LogP contribution in [0.1, 0.15) is 35.3 Å². The van der Waals surface area contributed by atoms with Gasteiger partial charge in [-0.2, -0.15) is 11.8 Å². The molecule has 0 atom stereocenters. The predicted molar refractivity (Wildman–Crippen MR) is 76.4 cm³/mol. The molecule has 18 heavy (non-hydrogen) atoms. The largest absolute Gasteiger partial charge is 0.364 e. The number of hydrogen-bond donors (Lipinski definition) is 2. The van der Waals surface area contributed by atoms with Crippen molar-refractivity contribution in [1.29, 1.82) is 0 Å². The van der Waals surface area contributed by atoms with Crippen molar-refractivity contribution < 1.29 is 4.79 Å². The molecule has 0 aliphatic heterocycles. The smallest absolute Gasteiger partial charge is 0.256 e. The van der Waals surface area contributed by atoms with E-state index >= 15 is 0 Å². The molecule has 0 saturated carbocycles. The van der Waals surface area contributed by atoms with Gasteiger partial charge in [-0.25, -0.2) is 0 Å². The van der Waals surface area contributed by atoms with E-state index in [1.54, 1.807) is 6.92 Å². The second kappa shape index (κ2) is 7.97. The number of carbonyl (C=O) groups is 1. The first kappa shape index (κ1) is 14.8. The fourth-order valence-electron chi connectivity index (χ4n) is 1.60. The van der Waals surface area contributed by atoms with Crippen molar-refractivity contribution in [2.24, 2.45) is 0 Å². The molecule has 1 amide bonds. The van der Waals surface area contributed by atoms with Crippen molar-refractivity contribution in [1.82, 2.24) is 10.3 Å². The second-order valence-corrected chi connectivity index (χ2v) is 5.19. The van der Waals surface area contributed by atoms with Gasteiger partial charge in [-0.05, 0) is 31.8 Å². The van der Waals surface area contributed by atoms with E-state index in [0.29, 0.717) is 6.54 Å². The van der Waals surface area contributed by atoms with E-state index < -0.39 is 0 Å². The van der Waals surface area contributed by atoms with Gasteiger partial charge in [0.25, 0.3) is 5.91 Å². The summed E-state index contributed by atoms with van der Waals surface area (Å²) in [4.78, 5) is 26.2. The third-order valence-electron chi connectivity index (χ3n) is 2.61. The van der Waals surface area contributed by atoms with Gasteiger partial charge in [-0.1, -0.05) is 6.42 Å². The molecule has 0 unspecified atom stereocenters. The quantitative estimate of drug-likeness (QED) is 0.743. The summed E-state index contributed by atoms with van der Waals surface area (Å²) in [7, 11) is 0. The van der Waals surface area contributed by atoms with Crippen LogP contribution in [0.3, 0.4) is 0 Å². The molecule has 1 heterocycles. The van der Waals surface area contributed by atoms with Gasteiger partial charge in [0, 0.05) is 24.5 Å². The van der Waals surface area contributed by atoms with Gasteiger partial charge in [0.1, 0.15) is 5.56 Å². The number of hydrogen-bond acceptors (Lipinski definition) is 3. The van der Waals surface area contributed by atoms with Crippen LogP contribution >= 0.6 is 11.8 Å². The summed E-state index contributed by atoms with van der Waals surface area (Å²) in [5, 5.41) is 2.77. The van der Waals surface area contributed by atoms with Gasteiger partial charge in [0.15, 0.2) is 5.43 Å². The highest BCUT2D eigenvalue weighted by molar-refractivity contribution is 7.98. The number of thioether (sulfide) groups is 1. The number of aromatic nitrogens is 1. The zero-order chi connectivity index (χ0) is 13.4. The number of nitrogens with one attached hydrogen (secondary N) is 2. The molecule has 4 nitrogen and oxygen atoms in total. The molecule has 0 aliphatic rings. The molecule has 100 valence electrons. The van der Waals surface area contributed by atoms with Crippen LogP contribution in [-0.2, 0) is 0 Å². The highest BCUT2D eigenvalue weighted by Crippen LogP contribution is 2.01. The van der Waals surface area contributed by atoms with Crippen LogP contribution in [0.2, 0.25) is 0 Å². The molecule has 0 bridgehead atoms. The number of unbranched alkanes of at least 4 members (excludes halogenated alkanes) is 2. The van der Waals surface area contributed by atoms with Gasteiger partial charge in [-0.15, -0.1) is 0 Å². The van der Waals surface area contributed by atoms with Crippen molar-refractivity contribution in [2.75, 3.05) is 18.6 Å². The Labute approximate surface area is 112 Å². The normalized spacial score (nSPS) is 10.3. The molecule has 1 rings (SSSR count). The topological polar surface area (TPSA) is 62.0 Å². The Bertz CT molecular complexity index is 443. The third-order valence-corrected chi connectivity index (χ3v) is 3.31. The van der Waals surface area contributed by atoms with Crippen LogP contribution in [0.4, 0.5) is 0 Å². The lowest BCUT2D eigenvalue weighted by molar-refractivity contribution is 0.0951. The Morgan fingerprint density at radius 1 is 1.39 bits per heavy atom. The van der Waals surface area contributed by atoms with E-state index in [1.807, 2.05) is 11.8 Å². The Balaban J connectivity index is 2.34. The lowest BCUT2D eigenvalue weighted by atomic mass is 10.2. The average Bonchev–Trinajstić information content (AvgIpc) is 2.33. The number of aryl methyl sites for hydroxylation is 1. The van der Waals surface area contributed by atoms with E-state index in [4.69, 9.17) is 0 Å².